The molecule has 0 bridgehead atoms. The zero-order valence-electron chi connectivity index (χ0n) is 11.0. The summed E-state index contributed by atoms with van der Waals surface area (Å²) in [5, 5.41) is 9.74. The number of nitrogens with one attached hydrogen (secondary N) is 2. The third-order valence-electron chi connectivity index (χ3n) is 2.49. The van der Waals surface area contributed by atoms with Gasteiger partial charge in [0.1, 0.15) is 5.84 Å². The van der Waals surface area contributed by atoms with Crippen LogP contribution in [0.25, 0.3) is 0 Å². The molecule has 0 aliphatic rings. The van der Waals surface area contributed by atoms with E-state index in [0.29, 0.717) is 5.56 Å². The molecular weight excluding hydrogens is 273 g/mol. The molecule has 0 spiro atoms. The van der Waals surface area contributed by atoms with Gasteiger partial charge in [0, 0.05) is 24.2 Å². The van der Waals surface area contributed by atoms with E-state index in [0.717, 1.165) is 12.3 Å². The van der Waals surface area contributed by atoms with Crippen molar-refractivity contribution in [3.05, 3.63) is 29.1 Å². The molecule has 8 heteroatoms. The lowest BCUT2D eigenvalue weighted by molar-refractivity contribution is -0.141. The van der Waals surface area contributed by atoms with Crippen LogP contribution >= 0.6 is 0 Å². The Labute approximate surface area is 113 Å². The number of amidine groups is 1. The molecule has 1 rings (SSSR count). The van der Waals surface area contributed by atoms with Gasteiger partial charge in [0.2, 0.25) is 5.91 Å². The Morgan fingerprint density at radius 3 is 2.55 bits per heavy atom. The standard InChI is InChI=1S/C12H15F3N4O/c1-6(2)11(20)19-5-7-3-8(10(16)17)9(18-4-7)12(13,14)15/h3-4,6H,5H2,1-2H3,(H3,16,17)(H,19,20). The van der Waals surface area contributed by atoms with E-state index in [1.54, 1.807) is 13.8 Å². The van der Waals surface area contributed by atoms with E-state index in [2.05, 4.69) is 10.3 Å². The lowest BCUT2D eigenvalue weighted by Gasteiger charge is -2.13. The number of rotatable bonds is 4. The monoisotopic (exact) mass is 288 g/mol. The van der Waals surface area contributed by atoms with Crippen LogP contribution < -0.4 is 11.1 Å². The highest BCUT2D eigenvalue weighted by Crippen LogP contribution is 2.30. The van der Waals surface area contributed by atoms with E-state index in [4.69, 9.17) is 11.1 Å². The summed E-state index contributed by atoms with van der Waals surface area (Å²) in [5.74, 6) is -1.18. The van der Waals surface area contributed by atoms with Crippen molar-refractivity contribution in [3.63, 3.8) is 0 Å². The topological polar surface area (TPSA) is 91.9 Å². The number of nitrogens with two attached hydrogens (primary N) is 1. The summed E-state index contributed by atoms with van der Waals surface area (Å²) in [5.41, 5.74) is 3.79. The molecule has 4 N–H and O–H groups in total. The van der Waals surface area contributed by atoms with Crippen LogP contribution in [0.1, 0.15) is 30.7 Å². The van der Waals surface area contributed by atoms with Crippen molar-refractivity contribution in [2.24, 2.45) is 11.7 Å². The Kier molecular flexibility index (Phi) is 4.69. The van der Waals surface area contributed by atoms with Gasteiger partial charge in [-0.1, -0.05) is 13.8 Å². The van der Waals surface area contributed by atoms with E-state index in [9.17, 15) is 18.0 Å². The minimum atomic E-state index is -4.68. The van der Waals surface area contributed by atoms with Crippen LogP contribution in [0, 0.1) is 11.3 Å². The quantitative estimate of drug-likeness (QED) is 0.581. The third kappa shape index (κ3) is 3.94. The largest absolute Gasteiger partial charge is 0.434 e. The van der Waals surface area contributed by atoms with Crippen LogP contribution in [-0.4, -0.2) is 16.7 Å². The molecule has 0 saturated carbocycles. The highest BCUT2D eigenvalue weighted by Gasteiger charge is 2.36. The van der Waals surface area contributed by atoms with Gasteiger partial charge < -0.3 is 11.1 Å². The number of carbonyl (C=O) groups is 1. The van der Waals surface area contributed by atoms with Gasteiger partial charge in [-0.25, -0.2) is 0 Å². The van der Waals surface area contributed by atoms with Crippen LogP contribution in [0.3, 0.4) is 0 Å². The second kappa shape index (κ2) is 5.89. The Balaban J connectivity index is 3.00. The Morgan fingerprint density at radius 1 is 1.50 bits per heavy atom. The van der Waals surface area contributed by atoms with Gasteiger partial charge in [-0.15, -0.1) is 0 Å². The van der Waals surface area contributed by atoms with Crippen LogP contribution in [0.5, 0.6) is 0 Å². The van der Waals surface area contributed by atoms with Gasteiger partial charge >= 0.3 is 6.18 Å². The van der Waals surface area contributed by atoms with E-state index in [1.165, 1.54) is 0 Å². The summed E-state index contributed by atoms with van der Waals surface area (Å²) in [6, 6.07) is 1.11. The predicted molar refractivity (Wildman–Crippen MR) is 66.9 cm³/mol. The number of hydrogen-bond donors (Lipinski definition) is 3. The summed E-state index contributed by atoms with van der Waals surface area (Å²) < 4.78 is 38.0. The number of nitrogen functional groups attached to an aromatic ring is 1. The third-order valence-corrected chi connectivity index (χ3v) is 2.49. The number of nitrogens with zero attached hydrogens (tertiary/aromatic N) is 1. The molecule has 110 valence electrons. The highest BCUT2D eigenvalue weighted by molar-refractivity contribution is 5.96. The molecule has 0 saturated heterocycles. The number of amides is 1. The summed E-state index contributed by atoms with van der Waals surface area (Å²) in [7, 11) is 0. The molecule has 0 unspecified atom stereocenters. The second-order valence-corrected chi connectivity index (χ2v) is 4.52. The highest BCUT2D eigenvalue weighted by atomic mass is 19.4. The van der Waals surface area contributed by atoms with E-state index in [-0.39, 0.29) is 18.4 Å². The van der Waals surface area contributed by atoms with Crippen molar-refractivity contribution in [3.8, 4) is 0 Å². The normalized spacial score (nSPS) is 11.5. The molecule has 1 heterocycles. The first-order valence-corrected chi connectivity index (χ1v) is 5.81. The molecular formula is C12H15F3N4O. The minimum absolute atomic E-state index is 0.0302. The fraction of sp³-hybridized carbons (Fsp3) is 0.417. The smallest absolute Gasteiger partial charge is 0.384 e. The van der Waals surface area contributed by atoms with Gasteiger partial charge in [-0.2, -0.15) is 13.2 Å². The van der Waals surface area contributed by atoms with Crippen molar-refractivity contribution in [2.45, 2.75) is 26.6 Å². The summed E-state index contributed by atoms with van der Waals surface area (Å²) >= 11 is 0. The molecule has 5 nitrogen and oxygen atoms in total. The Bertz CT molecular complexity index is 526. The molecule has 0 aliphatic heterocycles. The van der Waals surface area contributed by atoms with E-state index < -0.39 is 23.3 Å². The molecule has 1 aromatic heterocycles. The predicted octanol–water partition coefficient (Wildman–Crippen LogP) is 1.66. The van der Waals surface area contributed by atoms with Gasteiger partial charge in [-0.05, 0) is 11.6 Å². The van der Waals surface area contributed by atoms with Crippen molar-refractivity contribution in [2.75, 3.05) is 0 Å². The fourth-order valence-corrected chi connectivity index (χ4v) is 1.43. The summed E-state index contributed by atoms with van der Waals surface area (Å²) in [6.07, 6.45) is -3.67. The molecule has 20 heavy (non-hydrogen) atoms. The molecule has 0 aromatic carbocycles. The fourth-order valence-electron chi connectivity index (χ4n) is 1.43. The molecule has 1 aromatic rings. The van der Waals surface area contributed by atoms with E-state index >= 15 is 0 Å². The van der Waals surface area contributed by atoms with Crippen molar-refractivity contribution in [1.29, 1.82) is 5.41 Å². The maximum Gasteiger partial charge on any atom is 0.434 e. The SMILES string of the molecule is CC(C)C(=O)NCc1cnc(C(F)(F)F)c(C(=N)N)c1. The average molecular weight is 288 g/mol. The maximum atomic E-state index is 12.7. The number of carbonyl (C=O) groups excluding carboxylic acids is 1. The van der Waals surface area contributed by atoms with Gasteiger partial charge in [0.25, 0.3) is 0 Å². The molecule has 0 radical (unpaired) electrons. The average Bonchev–Trinajstić information content (AvgIpc) is 2.34. The van der Waals surface area contributed by atoms with Gasteiger partial charge in [0.05, 0.1) is 0 Å². The first kappa shape index (κ1) is 15.9. The molecule has 0 aliphatic carbocycles. The summed E-state index contributed by atoms with van der Waals surface area (Å²) in [4.78, 5) is 14.7. The number of aromatic nitrogens is 1. The van der Waals surface area contributed by atoms with E-state index in [1.807, 2.05) is 0 Å². The minimum Gasteiger partial charge on any atom is -0.384 e. The van der Waals surface area contributed by atoms with Gasteiger partial charge in [0.15, 0.2) is 5.69 Å². The van der Waals surface area contributed by atoms with Crippen molar-refractivity contribution < 1.29 is 18.0 Å². The first-order valence-electron chi connectivity index (χ1n) is 5.81. The van der Waals surface area contributed by atoms with Crippen LogP contribution in [0.2, 0.25) is 0 Å². The lowest BCUT2D eigenvalue weighted by atomic mass is 10.1. The number of hydrogen-bond acceptors (Lipinski definition) is 3. The maximum absolute atomic E-state index is 12.7. The van der Waals surface area contributed by atoms with Crippen LogP contribution in [0.15, 0.2) is 12.3 Å². The second-order valence-electron chi connectivity index (χ2n) is 4.52. The Hall–Kier alpha value is -2.12. The zero-order chi connectivity index (χ0) is 15.5. The van der Waals surface area contributed by atoms with Gasteiger partial charge in [-0.3, -0.25) is 15.2 Å². The molecule has 0 atom stereocenters. The van der Waals surface area contributed by atoms with Crippen LogP contribution in [-0.2, 0) is 17.5 Å². The Morgan fingerprint density at radius 2 is 2.10 bits per heavy atom. The molecule has 0 fully saturated rings. The number of halogens is 3. The van der Waals surface area contributed by atoms with Crippen LogP contribution in [0.4, 0.5) is 13.2 Å². The van der Waals surface area contributed by atoms with Crippen molar-refractivity contribution in [1.82, 2.24) is 10.3 Å². The molecule has 1 amide bonds. The van der Waals surface area contributed by atoms with Crippen molar-refractivity contribution >= 4 is 11.7 Å². The lowest BCUT2D eigenvalue weighted by Crippen LogP contribution is -2.28. The number of alkyl halides is 3. The first-order chi connectivity index (χ1) is 9.12. The zero-order valence-corrected chi connectivity index (χ0v) is 11.0. The summed E-state index contributed by atoms with van der Waals surface area (Å²) in [6.45, 7) is 3.42. The number of pyridine rings is 1.